The first-order valence-electron chi connectivity index (χ1n) is 4.12. The predicted molar refractivity (Wildman–Crippen MR) is 43.4 cm³/mol. The molecule has 0 bridgehead atoms. The average molecular weight is 168 g/mol. The zero-order chi connectivity index (χ0) is 8.39. The minimum Gasteiger partial charge on any atom is -0.381 e. The van der Waals surface area contributed by atoms with Crippen molar-refractivity contribution in [1.29, 1.82) is 0 Å². The van der Waals surface area contributed by atoms with Crippen LogP contribution in [0.3, 0.4) is 0 Å². The molecule has 0 aliphatic heterocycles. The molecule has 1 aromatic rings. The third kappa shape index (κ3) is 1.94. The Morgan fingerprint density at radius 3 is 3.08 bits per heavy atom. The lowest BCUT2D eigenvalue weighted by molar-refractivity contribution is 0.107. The zero-order valence-corrected chi connectivity index (χ0v) is 6.81. The molecule has 1 aliphatic carbocycles. The summed E-state index contributed by atoms with van der Waals surface area (Å²) < 4.78 is 5.42. The molecule has 0 saturated heterocycles. The van der Waals surface area contributed by atoms with Crippen LogP contribution in [-0.4, -0.2) is 27.7 Å². The second kappa shape index (κ2) is 3.10. The summed E-state index contributed by atoms with van der Waals surface area (Å²) in [7, 11) is 0. The second-order valence-electron chi connectivity index (χ2n) is 2.94. The SMILES string of the molecule is Nc1cnn(CCOC2CC2)n1. The molecule has 66 valence electrons. The first kappa shape index (κ1) is 7.54. The van der Waals surface area contributed by atoms with Crippen LogP contribution in [0.4, 0.5) is 5.82 Å². The number of nitrogens with zero attached hydrogens (tertiary/aromatic N) is 3. The topological polar surface area (TPSA) is 66.0 Å². The molecule has 0 amide bonds. The summed E-state index contributed by atoms with van der Waals surface area (Å²) in [5, 5.41) is 7.86. The number of anilines is 1. The first-order valence-corrected chi connectivity index (χ1v) is 4.12. The van der Waals surface area contributed by atoms with Gasteiger partial charge in [0.15, 0.2) is 5.82 Å². The van der Waals surface area contributed by atoms with Crippen molar-refractivity contribution in [2.75, 3.05) is 12.3 Å². The summed E-state index contributed by atoms with van der Waals surface area (Å²) in [4.78, 5) is 1.55. The van der Waals surface area contributed by atoms with Gasteiger partial charge in [0.05, 0.1) is 25.5 Å². The minimum atomic E-state index is 0.460. The Morgan fingerprint density at radius 2 is 2.50 bits per heavy atom. The summed E-state index contributed by atoms with van der Waals surface area (Å²) in [6, 6.07) is 0. The lowest BCUT2D eigenvalue weighted by Crippen LogP contribution is -2.09. The van der Waals surface area contributed by atoms with Gasteiger partial charge in [0.1, 0.15) is 0 Å². The van der Waals surface area contributed by atoms with Crippen LogP contribution < -0.4 is 5.73 Å². The van der Waals surface area contributed by atoms with Gasteiger partial charge in [0.2, 0.25) is 0 Å². The Kier molecular flexibility index (Phi) is 1.95. The van der Waals surface area contributed by atoms with Gasteiger partial charge in [-0.15, -0.1) is 5.10 Å². The van der Waals surface area contributed by atoms with Gasteiger partial charge in [-0.05, 0) is 12.8 Å². The van der Waals surface area contributed by atoms with Crippen molar-refractivity contribution in [2.45, 2.75) is 25.5 Å². The molecule has 1 heterocycles. The van der Waals surface area contributed by atoms with Crippen molar-refractivity contribution < 1.29 is 4.74 Å². The highest BCUT2D eigenvalue weighted by Crippen LogP contribution is 2.22. The highest BCUT2D eigenvalue weighted by atomic mass is 16.5. The second-order valence-corrected chi connectivity index (χ2v) is 2.94. The summed E-state index contributed by atoms with van der Waals surface area (Å²) in [6.07, 6.45) is 4.44. The Morgan fingerprint density at radius 1 is 1.67 bits per heavy atom. The maximum Gasteiger partial charge on any atom is 0.165 e. The predicted octanol–water partition coefficient (Wildman–Crippen LogP) is 0.0393. The lowest BCUT2D eigenvalue weighted by atomic mass is 10.7. The molecule has 1 aliphatic rings. The van der Waals surface area contributed by atoms with Crippen molar-refractivity contribution in [3.8, 4) is 0 Å². The van der Waals surface area contributed by atoms with E-state index in [4.69, 9.17) is 10.5 Å². The molecule has 0 spiro atoms. The van der Waals surface area contributed by atoms with Gasteiger partial charge in [-0.25, -0.2) is 0 Å². The molecule has 0 atom stereocenters. The molecule has 2 N–H and O–H groups in total. The van der Waals surface area contributed by atoms with E-state index < -0.39 is 0 Å². The summed E-state index contributed by atoms with van der Waals surface area (Å²) >= 11 is 0. The molecular weight excluding hydrogens is 156 g/mol. The maximum absolute atomic E-state index is 5.42. The average Bonchev–Trinajstić information content (AvgIpc) is 2.76. The van der Waals surface area contributed by atoms with Crippen LogP contribution in [0, 0.1) is 0 Å². The lowest BCUT2D eigenvalue weighted by Gasteiger charge is -2.00. The summed E-state index contributed by atoms with van der Waals surface area (Å²) in [6.45, 7) is 1.37. The van der Waals surface area contributed by atoms with E-state index in [1.165, 1.54) is 19.0 Å². The van der Waals surface area contributed by atoms with E-state index in [0.29, 0.717) is 25.1 Å². The van der Waals surface area contributed by atoms with Gasteiger partial charge in [-0.3, -0.25) is 0 Å². The van der Waals surface area contributed by atoms with Crippen LogP contribution in [0.1, 0.15) is 12.8 Å². The molecule has 12 heavy (non-hydrogen) atoms. The van der Waals surface area contributed by atoms with Crippen LogP contribution in [-0.2, 0) is 11.3 Å². The van der Waals surface area contributed by atoms with Crippen LogP contribution in [0.2, 0.25) is 0 Å². The van der Waals surface area contributed by atoms with Gasteiger partial charge in [-0.2, -0.15) is 9.90 Å². The largest absolute Gasteiger partial charge is 0.381 e. The molecule has 1 saturated carbocycles. The van der Waals surface area contributed by atoms with E-state index in [1.54, 1.807) is 4.80 Å². The van der Waals surface area contributed by atoms with E-state index in [2.05, 4.69) is 10.2 Å². The van der Waals surface area contributed by atoms with Crippen LogP contribution in [0.5, 0.6) is 0 Å². The van der Waals surface area contributed by atoms with E-state index in [-0.39, 0.29) is 0 Å². The fourth-order valence-corrected chi connectivity index (χ4v) is 0.954. The van der Waals surface area contributed by atoms with Crippen LogP contribution in [0.15, 0.2) is 6.20 Å². The molecule has 5 heteroatoms. The van der Waals surface area contributed by atoms with Crippen molar-refractivity contribution >= 4 is 5.82 Å². The molecule has 1 fully saturated rings. The number of rotatable bonds is 4. The fourth-order valence-electron chi connectivity index (χ4n) is 0.954. The number of hydrogen-bond donors (Lipinski definition) is 1. The van der Waals surface area contributed by atoms with Crippen molar-refractivity contribution in [3.63, 3.8) is 0 Å². The molecular formula is C7H12N4O. The number of hydrogen-bond acceptors (Lipinski definition) is 4. The summed E-state index contributed by atoms with van der Waals surface area (Å²) in [5.74, 6) is 0.460. The number of aromatic nitrogens is 3. The Labute approximate surface area is 70.5 Å². The van der Waals surface area contributed by atoms with Crippen molar-refractivity contribution in [2.24, 2.45) is 0 Å². The third-order valence-electron chi connectivity index (χ3n) is 1.72. The van der Waals surface area contributed by atoms with E-state index in [9.17, 15) is 0 Å². The highest BCUT2D eigenvalue weighted by molar-refractivity contribution is 5.19. The molecule has 0 radical (unpaired) electrons. The smallest absolute Gasteiger partial charge is 0.165 e. The van der Waals surface area contributed by atoms with Gasteiger partial charge < -0.3 is 10.5 Å². The Balaban J connectivity index is 1.71. The van der Waals surface area contributed by atoms with Crippen molar-refractivity contribution in [1.82, 2.24) is 15.0 Å². The number of nitrogen functional groups attached to an aromatic ring is 1. The molecule has 2 rings (SSSR count). The summed E-state index contributed by atoms with van der Waals surface area (Å²) in [5.41, 5.74) is 5.39. The van der Waals surface area contributed by atoms with Crippen LogP contribution in [0.25, 0.3) is 0 Å². The number of ether oxygens (including phenoxy) is 1. The van der Waals surface area contributed by atoms with E-state index >= 15 is 0 Å². The Bertz CT molecular complexity index is 256. The number of nitrogens with two attached hydrogens (primary N) is 1. The molecule has 1 aromatic heterocycles. The molecule has 5 nitrogen and oxygen atoms in total. The van der Waals surface area contributed by atoms with Crippen LogP contribution >= 0.6 is 0 Å². The Hall–Kier alpha value is -1.10. The van der Waals surface area contributed by atoms with Gasteiger partial charge in [0.25, 0.3) is 0 Å². The first-order chi connectivity index (χ1) is 5.84. The van der Waals surface area contributed by atoms with Crippen molar-refractivity contribution in [3.05, 3.63) is 6.20 Å². The monoisotopic (exact) mass is 168 g/mol. The zero-order valence-electron chi connectivity index (χ0n) is 6.81. The normalized spacial score (nSPS) is 16.7. The van der Waals surface area contributed by atoms with Gasteiger partial charge in [0, 0.05) is 0 Å². The van der Waals surface area contributed by atoms with E-state index in [1.807, 2.05) is 0 Å². The van der Waals surface area contributed by atoms with Gasteiger partial charge in [-0.1, -0.05) is 0 Å². The highest BCUT2D eigenvalue weighted by Gasteiger charge is 2.21. The van der Waals surface area contributed by atoms with Gasteiger partial charge >= 0.3 is 0 Å². The third-order valence-corrected chi connectivity index (χ3v) is 1.72. The molecule has 0 unspecified atom stereocenters. The van der Waals surface area contributed by atoms with E-state index in [0.717, 1.165) is 0 Å². The maximum atomic E-state index is 5.42. The minimum absolute atomic E-state index is 0.460. The quantitative estimate of drug-likeness (QED) is 0.689. The standard InChI is InChI=1S/C7H12N4O/c8-7-5-9-11(10-7)3-4-12-6-1-2-6/h5-6H,1-4H2,(H2,8,10). The fraction of sp³-hybridized carbons (Fsp3) is 0.714. The molecule has 0 aromatic carbocycles.